The minimum atomic E-state index is -1.02. The second-order valence-corrected chi connectivity index (χ2v) is 25.2. The number of carbonyl (C=O) groups excluding carboxylic acids is 7. The highest BCUT2D eigenvalue weighted by Gasteiger charge is 2.56. The molecule has 1 atom stereocenters. The Morgan fingerprint density at radius 1 is 0.779 bits per heavy atom. The zero-order valence-electron chi connectivity index (χ0n) is 49.5. The molecule has 1 unspecified atom stereocenters. The number of hydrogen-bond donors (Lipinski definition) is 3. The van der Waals surface area contributed by atoms with Gasteiger partial charge in [0.2, 0.25) is 17.7 Å². The lowest BCUT2D eigenvalue weighted by molar-refractivity contribution is -0.136. The zero-order chi connectivity index (χ0) is 59.9. The lowest BCUT2D eigenvalue weighted by atomic mass is 9.73. The van der Waals surface area contributed by atoms with E-state index in [-0.39, 0.29) is 65.5 Å². The largest absolute Gasteiger partial charge is 0.369 e. The van der Waals surface area contributed by atoms with Gasteiger partial charge < -0.3 is 34.8 Å². The van der Waals surface area contributed by atoms with Gasteiger partial charge in [0.05, 0.1) is 39.8 Å². The molecule has 6 aromatic rings. The fourth-order valence-corrected chi connectivity index (χ4v) is 14.2. The van der Waals surface area contributed by atoms with Gasteiger partial charge in [-0.15, -0.1) is 0 Å². The van der Waals surface area contributed by atoms with Crippen LogP contribution >= 0.6 is 0 Å². The van der Waals surface area contributed by atoms with Crippen molar-refractivity contribution >= 4 is 75.3 Å². The van der Waals surface area contributed by atoms with E-state index in [0.29, 0.717) is 90.8 Å². The van der Waals surface area contributed by atoms with E-state index in [0.717, 1.165) is 72.0 Å². The summed E-state index contributed by atoms with van der Waals surface area (Å²) in [4.78, 5) is 116. The van der Waals surface area contributed by atoms with E-state index in [1.54, 1.807) is 25.4 Å². The predicted molar refractivity (Wildman–Crippen MR) is 324 cm³/mol. The van der Waals surface area contributed by atoms with Crippen LogP contribution in [0.15, 0.2) is 85.2 Å². The Bertz CT molecular complexity index is 3760. The number of aromatic nitrogens is 3. The molecule has 20 heteroatoms. The van der Waals surface area contributed by atoms with E-state index in [2.05, 4.69) is 47.7 Å². The first-order valence-electron chi connectivity index (χ1n) is 30.6. The fourth-order valence-electron chi connectivity index (χ4n) is 14.2. The van der Waals surface area contributed by atoms with Gasteiger partial charge in [-0.05, 0) is 164 Å². The molecule has 1 spiro atoms. The molecule has 19 nitrogen and oxygen atoms in total. The molecule has 86 heavy (non-hydrogen) atoms. The maximum absolute atomic E-state index is 16.0. The minimum absolute atomic E-state index is 0.00652. The summed E-state index contributed by atoms with van der Waals surface area (Å²) >= 11 is 0. The highest BCUT2D eigenvalue weighted by atomic mass is 19.1. The molecule has 1 aliphatic carbocycles. The third-order valence-corrected chi connectivity index (χ3v) is 19.1. The maximum atomic E-state index is 16.0. The van der Waals surface area contributed by atoms with Gasteiger partial charge in [-0.2, -0.15) is 0 Å². The van der Waals surface area contributed by atoms with Gasteiger partial charge in [-0.3, -0.25) is 48.7 Å². The van der Waals surface area contributed by atoms with Crippen molar-refractivity contribution in [3.05, 3.63) is 130 Å². The highest BCUT2D eigenvalue weighted by molar-refractivity contribution is 6.24. The molecule has 4 saturated heterocycles. The maximum Gasteiger partial charge on any atom is 0.262 e. The average molecular weight is 1170 g/mol. The first-order chi connectivity index (χ1) is 41.4. The Balaban J connectivity index is 0.701. The molecule has 446 valence electrons. The van der Waals surface area contributed by atoms with Gasteiger partial charge in [-0.1, -0.05) is 30.7 Å². The molecule has 8 heterocycles. The number of anilines is 4. The number of nitrogens with zero attached hydrogens (tertiary/aromatic N) is 9. The van der Waals surface area contributed by atoms with E-state index < -0.39 is 40.9 Å². The van der Waals surface area contributed by atoms with Crippen LogP contribution in [0.2, 0.25) is 0 Å². The van der Waals surface area contributed by atoms with E-state index >= 15 is 9.18 Å². The van der Waals surface area contributed by atoms with E-state index in [1.807, 2.05) is 79.6 Å². The SMILES string of the molecule is Cc1cc(F)c(Nc2nc(-c3ccc4c(c3)N([C@H]3C[C@@H](N5CCCCC5)C3)C(=O)C43CCN(C(=O)c4ccc(CN5CCN(c6ccc7c(c6)C(=O)N(C6CCC(=O)NC6=O)C7=O)CC5)cc4)CC3)cc3ncn(C(C)C)c23)cc1C(=O)NC(C)C. The fraction of sp³-hybridized carbons (Fsp3) is 0.439. The van der Waals surface area contributed by atoms with Crippen LogP contribution in [-0.4, -0.2) is 152 Å². The lowest BCUT2D eigenvalue weighted by Gasteiger charge is -2.48. The van der Waals surface area contributed by atoms with Crippen LogP contribution in [0.1, 0.15) is 150 Å². The molecule has 7 aliphatic rings. The van der Waals surface area contributed by atoms with Crippen LogP contribution in [0.25, 0.3) is 22.3 Å². The van der Waals surface area contributed by atoms with Gasteiger partial charge in [0.1, 0.15) is 17.4 Å². The van der Waals surface area contributed by atoms with Crippen molar-refractivity contribution in [1.82, 2.24) is 44.8 Å². The molecule has 2 aromatic heterocycles. The number of pyridine rings is 1. The van der Waals surface area contributed by atoms with E-state index in [1.165, 1.54) is 31.4 Å². The molecule has 0 radical (unpaired) electrons. The average Bonchev–Trinajstić information content (AvgIpc) is 1.81. The third kappa shape index (κ3) is 10.2. The molecule has 6 aliphatic heterocycles. The summed E-state index contributed by atoms with van der Waals surface area (Å²) < 4.78 is 18.0. The number of halogens is 1. The topological polar surface area (TPSA) is 206 Å². The number of piperazine rings is 1. The van der Waals surface area contributed by atoms with Crippen LogP contribution in [0.3, 0.4) is 0 Å². The number of nitrogens with one attached hydrogen (secondary N) is 3. The number of fused-ring (bicyclic) bond motifs is 4. The molecule has 3 N–H and O–H groups in total. The number of piperidine rings is 3. The predicted octanol–water partition coefficient (Wildman–Crippen LogP) is 8.27. The molecule has 4 aromatic carbocycles. The number of aryl methyl sites for hydroxylation is 1. The van der Waals surface area contributed by atoms with Gasteiger partial charge in [-0.25, -0.2) is 14.4 Å². The Hall–Kier alpha value is -8.36. The summed E-state index contributed by atoms with van der Waals surface area (Å²) in [5, 5.41) is 8.45. The Kier molecular flexibility index (Phi) is 14.8. The van der Waals surface area contributed by atoms with E-state index in [4.69, 9.17) is 9.97 Å². The molecular formula is C66H73FN12O7. The van der Waals surface area contributed by atoms with Crippen molar-refractivity contribution in [2.24, 2.45) is 0 Å². The van der Waals surface area contributed by atoms with Crippen molar-refractivity contribution in [1.29, 1.82) is 0 Å². The van der Waals surface area contributed by atoms with Crippen LogP contribution in [-0.2, 0) is 26.3 Å². The molecule has 7 amide bonds. The number of rotatable bonds is 13. The Morgan fingerprint density at radius 2 is 1.51 bits per heavy atom. The number of imide groups is 2. The molecule has 13 rings (SSSR count). The van der Waals surface area contributed by atoms with Gasteiger partial charge in [0, 0.05) is 104 Å². The Labute approximate surface area is 499 Å². The van der Waals surface area contributed by atoms with Crippen molar-refractivity contribution in [2.75, 3.05) is 67.5 Å². The molecule has 0 bridgehead atoms. The van der Waals surface area contributed by atoms with Crippen molar-refractivity contribution in [3.8, 4) is 11.3 Å². The van der Waals surface area contributed by atoms with E-state index in [9.17, 15) is 28.8 Å². The van der Waals surface area contributed by atoms with Crippen LogP contribution in [0, 0.1) is 12.7 Å². The number of likely N-dealkylation sites (tertiary alicyclic amines) is 2. The number of benzene rings is 4. The second-order valence-electron chi connectivity index (χ2n) is 25.2. The lowest BCUT2D eigenvalue weighted by Crippen LogP contribution is -2.58. The first-order valence-corrected chi connectivity index (χ1v) is 30.6. The summed E-state index contributed by atoms with van der Waals surface area (Å²) in [5.41, 5.74) is 7.74. The Morgan fingerprint density at radius 3 is 2.22 bits per heavy atom. The van der Waals surface area contributed by atoms with Crippen LogP contribution < -0.4 is 25.8 Å². The summed E-state index contributed by atoms with van der Waals surface area (Å²) in [7, 11) is 0. The summed E-state index contributed by atoms with van der Waals surface area (Å²) in [6, 6.07) is 23.4. The quantitative estimate of drug-likeness (QED) is 0.0933. The standard InChI is InChI=1S/C66H73FN12O7/c1-38(2)69-60(81)48-34-53(51(67)29-40(48)5)71-59-58-54(68-37-77(58)39(3)4)35-52(70-59)43-13-16-50-56(30-43)78(46-31-45(32-46)74-21-7-6-8-22-74)65(86)66(50)19-23-76(24-20-66)62(83)42-11-9-41(10-12-42)36-73-25-27-75(28-26-73)44-14-15-47-49(33-44)64(85)79(63(47)84)55-17-18-57(80)72-61(55)82/h9-16,29-30,33-35,37-39,45-46,55H,6-8,17-28,31-32,36H2,1-5H3,(H,69,81)(H,70,71)(H,72,80,82)/t45-,46+,55?. The van der Waals surface area contributed by atoms with Gasteiger partial charge in [0.25, 0.3) is 23.6 Å². The zero-order valence-corrected chi connectivity index (χ0v) is 49.5. The van der Waals surface area contributed by atoms with Crippen molar-refractivity contribution in [2.45, 2.75) is 135 Å². The monoisotopic (exact) mass is 1160 g/mol. The summed E-state index contributed by atoms with van der Waals surface area (Å²) in [5.74, 6) is -2.51. The normalized spacial score (nSPS) is 21.6. The number of hydrogen-bond acceptors (Lipinski definition) is 13. The molecule has 1 saturated carbocycles. The van der Waals surface area contributed by atoms with Gasteiger partial charge >= 0.3 is 0 Å². The molecular weight excluding hydrogens is 1090 g/mol. The smallest absolute Gasteiger partial charge is 0.262 e. The molecule has 5 fully saturated rings. The van der Waals surface area contributed by atoms with Crippen molar-refractivity contribution < 1.29 is 38.0 Å². The van der Waals surface area contributed by atoms with Crippen LogP contribution in [0.4, 0.5) is 27.3 Å². The highest BCUT2D eigenvalue weighted by Crippen LogP contribution is 2.52. The summed E-state index contributed by atoms with van der Waals surface area (Å²) in [6.45, 7) is 16.1. The number of amides is 7. The minimum Gasteiger partial charge on any atom is -0.369 e. The second kappa shape index (κ2) is 22.5. The van der Waals surface area contributed by atoms with Crippen LogP contribution in [0.5, 0.6) is 0 Å². The number of imidazole rings is 1. The number of carbonyl (C=O) groups is 7. The summed E-state index contributed by atoms with van der Waals surface area (Å²) in [6.07, 6.45) is 8.33. The third-order valence-electron chi connectivity index (χ3n) is 19.1. The van der Waals surface area contributed by atoms with Crippen molar-refractivity contribution in [3.63, 3.8) is 0 Å². The first kappa shape index (κ1) is 56.8. The van der Waals surface area contributed by atoms with Gasteiger partial charge in [0.15, 0.2) is 5.82 Å².